The number of aromatic nitrogens is 2. The molecule has 0 saturated heterocycles. The van der Waals surface area contributed by atoms with Crippen molar-refractivity contribution in [3.05, 3.63) is 121 Å². The van der Waals surface area contributed by atoms with E-state index < -0.39 is 6.60 Å². The van der Waals surface area contributed by atoms with Crippen LogP contribution in [0.15, 0.2) is 115 Å². The second-order valence-corrected chi connectivity index (χ2v) is 13.7. The van der Waals surface area contributed by atoms with Crippen molar-refractivity contribution in [1.82, 2.24) is 9.38 Å². The fraction of sp³-hybridized carbons (Fsp3) is 0.103. The van der Waals surface area contributed by atoms with Crippen LogP contribution in [0.25, 0.3) is 5.65 Å². The van der Waals surface area contributed by atoms with Crippen LogP contribution in [0, 0.1) is 0 Å². The molecule has 0 amide bonds. The van der Waals surface area contributed by atoms with Crippen LogP contribution >= 0.6 is 6.60 Å². The van der Waals surface area contributed by atoms with Crippen LogP contribution in [0.3, 0.4) is 0 Å². The van der Waals surface area contributed by atoms with E-state index in [0.29, 0.717) is 12.3 Å². The number of pyridine rings is 1. The number of hydrogen-bond acceptors (Lipinski definition) is 3. The van der Waals surface area contributed by atoms with Gasteiger partial charge in [0, 0.05) is 0 Å². The second-order valence-electron chi connectivity index (χ2n) is 8.53. The predicted molar refractivity (Wildman–Crippen MR) is 142 cm³/mol. The fourth-order valence-electron chi connectivity index (χ4n) is 4.88. The molecule has 0 unspecified atom stereocenters. The van der Waals surface area contributed by atoms with Gasteiger partial charge in [-0.05, 0) is 0 Å². The van der Waals surface area contributed by atoms with Gasteiger partial charge in [0.15, 0.2) is 0 Å². The van der Waals surface area contributed by atoms with Gasteiger partial charge in [0.25, 0.3) is 0 Å². The van der Waals surface area contributed by atoms with E-state index in [4.69, 9.17) is 9.72 Å². The van der Waals surface area contributed by atoms with Gasteiger partial charge in [-0.25, -0.2) is 0 Å². The van der Waals surface area contributed by atoms with E-state index in [0.717, 1.165) is 11.1 Å². The maximum atomic E-state index is 12.7. The van der Waals surface area contributed by atoms with Gasteiger partial charge < -0.3 is 0 Å². The van der Waals surface area contributed by atoms with Gasteiger partial charge in [-0.3, -0.25) is 0 Å². The summed E-state index contributed by atoms with van der Waals surface area (Å²) in [6.45, 7) is 1.23. The molecule has 4 nitrogen and oxygen atoms in total. The third kappa shape index (κ3) is 3.18. The van der Waals surface area contributed by atoms with Crippen molar-refractivity contribution in [3.8, 4) is 0 Å². The van der Waals surface area contributed by atoms with Gasteiger partial charge in [-0.15, -0.1) is 0 Å². The van der Waals surface area contributed by atoms with Crippen LogP contribution in [0.2, 0.25) is 0 Å². The van der Waals surface area contributed by atoms with Crippen LogP contribution in [0.5, 0.6) is 0 Å². The quantitative estimate of drug-likeness (QED) is 0.277. The van der Waals surface area contributed by atoms with Gasteiger partial charge in [0.05, 0.1) is 0 Å². The number of carbonyl (C=O) groups excluding carboxylic acids is 1. The van der Waals surface area contributed by atoms with Gasteiger partial charge in [-0.1, -0.05) is 0 Å². The summed E-state index contributed by atoms with van der Waals surface area (Å²) in [5.41, 5.74) is 2.14. The molecule has 0 aliphatic heterocycles. The molecule has 0 saturated carbocycles. The third-order valence-corrected chi connectivity index (χ3v) is 12.9. The average molecular weight is 467 g/mol. The molecule has 3 aromatic carbocycles. The Labute approximate surface area is 199 Å². The molecule has 5 heteroatoms. The summed E-state index contributed by atoms with van der Waals surface area (Å²) in [7, 11) is 0. The molecule has 0 N–H and O–H groups in total. The van der Waals surface area contributed by atoms with Crippen LogP contribution in [0.1, 0.15) is 17.4 Å². The van der Waals surface area contributed by atoms with Crippen molar-refractivity contribution >= 4 is 39.6 Å². The first-order valence-electron chi connectivity index (χ1n) is 11.4. The predicted octanol–water partition coefficient (Wildman–Crippen LogP) is 4.30. The molecule has 0 aliphatic carbocycles. The zero-order valence-electron chi connectivity index (χ0n) is 19.3. The standard InChI is InChI=1S/C29H27N2O2P/c1-3-33-29(32)26-20-13-21-27-30-28(22-31(26)27)34(2,23-14-7-4-8-15-23,24-16-9-5-10-17-24)25-18-11-6-12-19-25/h4-22H,3H2,1-2H3. The van der Waals surface area contributed by atoms with Crippen molar-refractivity contribution in [2.45, 2.75) is 6.92 Å². The summed E-state index contributed by atoms with van der Waals surface area (Å²) >= 11 is 0. The van der Waals surface area contributed by atoms with E-state index >= 15 is 0 Å². The molecule has 2 heterocycles. The zero-order chi connectivity index (χ0) is 23.6. The Morgan fingerprint density at radius 1 is 0.765 bits per heavy atom. The molecular formula is C29H27N2O2P. The fourth-order valence-corrected chi connectivity index (χ4v) is 10.1. The summed E-state index contributed by atoms with van der Waals surface area (Å²) < 4.78 is 7.20. The Bertz CT molecular complexity index is 1350. The molecular weight excluding hydrogens is 439 g/mol. The zero-order valence-corrected chi connectivity index (χ0v) is 20.2. The topological polar surface area (TPSA) is 43.6 Å². The summed E-state index contributed by atoms with van der Waals surface area (Å²) in [5, 5.41) is 3.64. The normalized spacial score (nSPS) is 12.7. The number of ether oxygens (including phenoxy) is 1. The molecule has 170 valence electrons. The molecule has 5 aromatic rings. The number of benzene rings is 3. The number of rotatable bonds is 6. The van der Waals surface area contributed by atoms with Crippen molar-refractivity contribution in [2.75, 3.05) is 13.3 Å². The minimum atomic E-state index is -3.27. The number of esters is 1. The number of carbonyl (C=O) groups is 1. The number of hydrogen-bond donors (Lipinski definition) is 0. The SMILES string of the molecule is CCOC(=O)c1cccc2nc(P(C)(c3ccccc3)(c3ccccc3)c3ccccc3)cn12. The van der Waals surface area contributed by atoms with E-state index in [2.05, 4.69) is 79.5 Å². The first-order valence-corrected chi connectivity index (χ1v) is 14.1. The van der Waals surface area contributed by atoms with Crippen LogP contribution in [-0.4, -0.2) is 28.6 Å². The first-order chi connectivity index (χ1) is 16.6. The van der Waals surface area contributed by atoms with Crippen LogP contribution in [-0.2, 0) is 4.74 Å². The Balaban J connectivity index is 1.94. The Morgan fingerprint density at radius 2 is 1.26 bits per heavy atom. The Hall–Kier alpha value is -3.75. The Kier molecular flexibility index (Phi) is 5.55. The van der Waals surface area contributed by atoms with Gasteiger partial charge >= 0.3 is 200 Å². The molecule has 0 spiro atoms. The number of fused-ring (bicyclic) bond motifs is 1. The molecule has 0 aliphatic rings. The van der Waals surface area contributed by atoms with Gasteiger partial charge in [0.2, 0.25) is 0 Å². The first kappa shape index (κ1) is 22.1. The van der Waals surface area contributed by atoms with E-state index in [9.17, 15) is 4.79 Å². The maximum absolute atomic E-state index is 12.7. The second kappa shape index (κ2) is 8.55. The summed E-state index contributed by atoms with van der Waals surface area (Å²) in [5.74, 6) is -0.354. The molecule has 0 fully saturated rings. The summed E-state index contributed by atoms with van der Waals surface area (Å²) in [6.07, 6.45) is 2.03. The molecule has 0 atom stereocenters. The molecule has 0 bridgehead atoms. The van der Waals surface area contributed by atoms with Gasteiger partial charge in [0.1, 0.15) is 0 Å². The Morgan fingerprint density at radius 3 is 1.74 bits per heavy atom. The number of imidazole rings is 1. The molecule has 34 heavy (non-hydrogen) atoms. The summed E-state index contributed by atoms with van der Waals surface area (Å²) in [6, 6.07) is 37.5. The summed E-state index contributed by atoms with van der Waals surface area (Å²) in [4.78, 5) is 17.9. The van der Waals surface area contributed by atoms with Crippen LogP contribution < -0.4 is 21.3 Å². The third-order valence-electron chi connectivity index (χ3n) is 6.74. The number of nitrogens with zero attached hydrogens (tertiary/aromatic N) is 2. The van der Waals surface area contributed by atoms with Crippen molar-refractivity contribution in [2.24, 2.45) is 0 Å². The van der Waals surface area contributed by atoms with Crippen molar-refractivity contribution < 1.29 is 9.53 Å². The van der Waals surface area contributed by atoms with Crippen molar-refractivity contribution in [1.29, 1.82) is 0 Å². The van der Waals surface area contributed by atoms with E-state index in [1.54, 1.807) is 6.07 Å². The van der Waals surface area contributed by atoms with Crippen LogP contribution in [0.4, 0.5) is 0 Å². The monoisotopic (exact) mass is 466 g/mol. The minimum absolute atomic E-state index is 0.322. The average Bonchev–Trinajstić information content (AvgIpc) is 3.35. The van der Waals surface area contributed by atoms with Gasteiger partial charge in [-0.2, -0.15) is 0 Å². The molecule has 2 aromatic heterocycles. The van der Waals surface area contributed by atoms with E-state index in [1.165, 1.54) is 15.9 Å². The van der Waals surface area contributed by atoms with Crippen molar-refractivity contribution in [3.63, 3.8) is 0 Å². The van der Waals surface area contributed by atoms with E-state index in [1.807, 2.05) is 47.9 Å². The van der Waals surface area contributed by atoms with E-state index in [-0.39, 0.29) is 5.97 Å². The molecule has 5 rings (SSSR count). The molecule has 0 radical (unpaired) electrons.